The van der Waals surface area contributed by atoms with Gasteiger partial charge >= 0.3 is 0 Å². The zero-order valence-electron chi connectivity index (χ0n) is 20.7. The molecule has 5 rings (SSSR count). The molecule has 1 aromatic heterocycles. The van der Waals surface area contributed by atoms with Crippen molar-refractivity contribution in [2.45, 2.75) is 33.0 Å². The van der Waals surface area contributed by atoms with Gasteiger partial charge < -0.3 is 19.4 Å². The van der Waals surface area contributed by atoms with Crippen LogP contribution in [0.2, 0.25) is 0 Å². The molecule has 5 aromatic rings. The number of benzene rings is 4. The number of hydrogen-bond acceptors (Lipinski definition) is 4. The molecule has 36 heavy (non-hydrogen) atoms. The Morgan fingerprint density at radius 1 is 0.917 bits per heavy atom. The average Bonchev–Trinajstić information content (AvgIpc) is 3.23. The smallest absolute Gasteiger partial charge is 0.251 e. The second kappa shape index (κ2) is 10.1. The Hall–Kier alpha value is -4.32. The maximum atomic E-state index is 12.6. The van der Waals surface area contributed by atoms with E-state index in [0.717, 1.165) is 39.3 Å². The predicted octanol–water partition coefficient (Wildman–Crippen LogP) is 5.96. The maximum Gasteiger partial charge on any atom is 0.251 e. The highest BCUT2D eigenvalue weighted by molar-refractivity contribution is 5.97. The van der Waals surface area contributed by atoms with Crippen molar-refractivity contribution < 1.29 is 14.3 Å². The minimum atomic E-state index is -0.106. The first-order valence-corrected chi connectivity index (χ1v) is 12.0. The summed E-state index contributed by atoms with van der Waals surface area (Å²) in [6.07, 6.45) is 0. The lowest BCUT2D eigenvalue weighted by molar-refractivity contribution is 0.0943. The largest absolute Gasteiger partial charge is 0.497 e. The minimum absolute atomic E-state index is 0.0618. The normalized spacial score (nSPS) is 11.2. The van der Waals surface area contributed by atoms with Crippen LogP contribution in [0.4, 0.5) is 0 Å². The fourth-order valence-corrected chi connectivity index (χ4v) is 4.27. The van der Waals surface area contributed by atoms with Gasteiger partial charge in [0.1, 0.15) is 23.9 Å². The Labute approximate surface area is 210 Å². The molecule has 0 spiro atoms. The minimum Gasteiger partial charge on any atom is -0.497 e. The van der Waals surface area contributed by atoms with Crippen LogP contribution in [0.5, 0.6) is 11.5 Å². The second-order valence-electron chi connectivity index (χ2n) is 9.09. The van der Waals surface area contributed by atoms with Crippen LogP contribution < -0.4 is 14.8 Å². The van der Waals surface area contributed by atoms with Crippen LogP contribution >= 0.6 is 0 Å². The van der Waals surface area contributed by atoms with E-state index < -0.39 is 0 Å². The first kappa shape index (κ1) is 23.4. The monoisotopic (exact) mass is 479 g/mol. The Bertz CT molecular complexity index is 1520. The molecule has 6 heteroatoms. The van der Waals surface area contributed by atoms with E-state index in [1.165, 1.54) is 5.39 Å². The molecule has 0 unspecified atom stereocenters. The third kappa shape index (κ3) is 5.03. The Kier molecular flexibility index (Phi) is 6.58. The van der Waals surface area contributed by atoms with Crippen LogP contribution in [0, 0.1) is 0 Å². The number of nitrogens with zero attached hydrogens (tertiary/aromatic N) is 2. The third-order valence-corrected chi connectivity index (χ3v) is 6.10. The van der Waals surface area contributed by atoms with Gasteiger partial charge in [-0.05, 0) is 72.6 Å². The standard InChI is InChI=1S/C30H29N3O3/c1-20(2)31-30(34)24-11-15-28-27(17-24)32-29(33(28)18-21-8-12-25(35-3)13-9-21)19-36-26-14-10-22-6-4-5-7-23(22)16-26/h4-17,20H,18-19H2,1-3H3,(H,31,34). The molecule has 6 nitrogen and oxygen atoms in total. The van der Waals surface area contributed by atoms with Crippen molar-refractivity contribution in [1.29, 1.82) is 0 Å². The fourth-order valence-electron chi connectivity index (χ4n) is 4.27. The molecule has 4 aromatic carbocycles. The lowest BCUT2D eigenvalue weighted by atomic mass is 10.1. The molecule has 0 fully saturated rings. The molecule has 0 atom stereocenters. The highest BCUT2D eigenvalue weighted by Gasteiger charge is 2.15. The number of nitrogens with one attached hydrogen (secondary N) is 1. The van der Waals surface area contributed by atoms with Gasteiger partial charge in [-0.1, -0.05) is 42.5 Å². The van der Waals surface area contributed by atoms with Gasteiger partial charge in [0.15, 0.2) is 0 Å². The van der Waals surface area contributed by atoms with E-state index in [4.69, 9.17) is 14.5 Å². The van der Waals surface area contributed by atoms with Gasteiger partial charge in [-0.25, -0.2) is 4.98 Å². The van der Waals surface area contributed by atoms with Gasteiger partial charge in [0.2, 0.25) is 0 Å². The summed E-state index contributed by atoms with van der Waals surface area (Å²) in [6.45, 7) is 4.82. The van der Waals surface area contributed by atoms with E-state index >= 15 is 0 Å². The van der Waals surface area contributed by atoms with Crippen LogP contribution in [0.3, 0.4) is 0 Å². The van der Waals surface area contributed by atoms with Gasteiger partial charge in [-0.3, -0.25) is 4.79 Å². The Morgan fingerprint density at radius 2 is 1.67 bits per heavy atom. The molecule has 1 heterocycles. The highest BCUT2D eigenvalue weighted by Crippen LogP contribution is 2.24. The van der Waals surface area contributed by atoms with E-state index in [1.807, 2.05) is 80.6 Å². The van der Waals surface area contributed by atoms with Crippen molar-refractivity contribution in [3.63, 3.8) is 0 Å². The van der Waals surface area contributed by atoms with Crippen molar-refractivity contribution in [1.82, 2.24) is 14.9 Å². The van der Waals surface area contributed by atoms with Crippen molar-refractivity contribution in [2.24, 2.45) is 0 Å². The van der Waals surface area contributed by atoms with E-state index in [0.29, 0.717) is 18.7 Å². The molecule has 1 N–H and O–H groups in total. The Balaban J connectivity index is 1.48. The summed E-state index contributed by atoms with van der Waals surface area (Å²) in [6, 6.07) is 28.0. The summed E-state index contributed by atoms with van der Waals surface area (Å²) in [5.41, 5.74) is 3.41. The summed E-state index contributed by atoms with van der Waals surface area (Å²) >= 11 is 0. The molecule has 0 saturated carbocycles. The number of fused-ring (bicyclic) bond motifs is 2. The molecule has 182 valence electrons. The number of aromatic nitrogens is 2. The van der Waals surface area contributed by atoms with Crippen LogP contribution in [0.25, 0.3) is 21.8 Å². The van der Waals surface area contributed by atoms with Gasteiger partial charge in [0.05, 0.1) is 18.1 Å². The third-order valence-electron chi connectivity index (χ3n) is 6.10. The Morgan fingerprint density at radius 3 is 2.42 bits per heavy atom. The summed E-state index contributed by atoms with van der Waals surface area (Å²) in [7, 11) is 1.66. The first-order chi connectivity index (χ1) is 17.5. The predicted molar refractivity (Wildman–Crippen MR) is 143 cm³/mol. The maximum absolute atomic E-state index is 12.6. The molecule has 1 amide bonds. The van der Waals surface area contributed by atoms with Crippen molar-refractivity contribution >= 4 is 27.7 Å². The molecule has 0 aliphatic rings. The summed E-state index contributed by atoms with van der Waals surface area (Å²) < 4.78 is 13.6. The topological polar surface area (TPSA) is 65.4 Å². The molecule has 0 bridgehead atoms. The number of carbonyl (C=O) groups excluding carboxylic acids is 1. The number of amides is 1. The number of hydrogen-bond donors (Lipinski definition) is 1. The van der Waals surface area contributed by atoms with Crippen LogP contribution in [0.1, 0.15) is 35.6 Å². The molecule has 0 saturated heterocycles. The zero-order valence-corrected chi connectivity index (χ0v) is 20.7. The lowest BCUT2D eigenvalue weighted by Crippen LogP contribution is -2.29. The van der Waals surface area contributed by atoms with E-state index in [2.05, 4.69) is 28.1 Å². The van der Waals surface area contributed by atoms with Crippen molar-refractivity contribution in [3.8, 4) is 11.5 Å². The molecular weight excluding hydrogens is 450 g/mol. The van der Waals surface area contributed by atoms with E-state index in [9.17, 15) is 4.79 Å². The zero-order chi connectivity index (χ0) is 25.1. The number of ether oxygens (including phenoxy) is 2. The van der Waals surface area contributed by atoms with Crippen molar-refractivity contribution in [2.75, 3.05) is 7.11 Å². The van der Waals surface area contributed by atoms with Gasteiger partial charge in [-0.2, -0.15) is 0 Å². The van der Waals surface area contributed by atoms with Crippen LogP contribution in [-0.2, 0) is 13.2 Å². The number of carbonyl (C=O) groups is 1. The SMILES string of the molecule is COc1ccc(Cn2c(COc3ccc4ccccc4c3)nc3cc(C(=O)NC(C)C)ccc32)cc1. The first-order valence-electron chi connectivity index (χ1n) is 12.0. The van der Waals surface area contributed by atoms with Gasteiger partial charge in [0, 0.05) is 18.2 Å². The van der Waals surface area contributed by atoms with Crippen LogP contribution in [0.15, 0.2) is 84.9 Å². The van der Waals surface area contributed by atoms with Gasteiger partial charge in [-0.15, -0.1) is 0 Å². The summed E-state index contributed by atoms with van der Waals surface area (Å²) in [5.74, 6) is 2.28. The average molecular weight is 480 g/mol. The number of rotatable bonds is 8. The number of methoxy groups -OCH3 is 1. The van der Waals surface area contributed by atoms with E-state index in [1.54, 1.807) is 7.11 Å². The van der Waals surface area contributed by atoms with Crippen molar-refractivity contribution in [3.05, 3.63) is 102 Å². The van der Waals surface area contributed by atoms with Crippen LogP contribution in [-0.4, -0.2) is 28.6 Å². The molecule has 0 aliphatic carbocycles. The van der Waals surface area contributed by atoms with E-state index in [-0.39, 0.29) is 11.9 Å². The quantitative estimate of drug-likeness (QED) is 0.298. The second-order valence-corrected chi connectivity index (χ2v) is 9.09. The summed E-state index contributed by atoms with van der Waals surface area (Å²) in [5, 5.41) is 5.24. The molecular formula is C30H29N3O3. The number of imidazole rings is 1. The molecule has 0 radical (unpaired) electrons. The summed E-state index contributed by atoms with van der Waals surface area (Å²) in [4.78, 5) is 17.5. The lowest BCUT2D eigenvalue weighted by Gasteiger charge is -2.12. The fraction of sp³-hybridized carbons (Fsp3) is 0.200. The highest BCUT2D eigenvalue weighted by atomic mass is 16.5. The van der Waals surface area contributed by atoms with Gasteiger partial charge in [0.25, 0.3) is 5.91 Å². The molecule has 0 aliphatic heterocycles.